The third-order valence-electron chi connectivity index (χ3n) is 4.80. The molecule has 2 aliphatic heterocycles. The van der Waals surface area contributed by atoms with E-state index in [1.54, 1.807) is 24.3 Å². The van der Waals surface area contributed by atoms with Gasteiger partial charge in [-0.25, -0.2) is 8.42 Å². The van der Waals surface area contributed by atoms with E-state index in [0.717, 1.165) is 5.56 Å². The minimum Gasteiger partial charge on any atom is -0.371 e. The third-order valence-corrected chi connectivity index (χ3v) is 6.65. The molecule has 2 aliphatic rings. The number of hydrogen-bond acceptors (Lipinski definition) is 4. The second-order valence-electron chi connectivity index (χ2n) is 7.41. The SMILES string of the molecule is Cc1ccc(S(=O)(=O)N2C[C@H]3C[C@H](C(=O)NCC(C)C)[C@@H](C2)O3)cc1. The Kier molecular flexibility index (Phi) is 5.18. The number of benzene rings is 1. The van der Waals surface area contributed by atoms with Crippen molar-refractivity contribution < 1.29 is 17.9 Å². The Morgan fingerprint density at radius 3 is 2.60 bits per heavy atom. The molecule has 138 valence electrons. The van der Waals surface area contributed by atoms with E-state index in [-0.39, 0.29) is 30.6 Å². The first-order valence-corrected chi connectivity index (χ1v) is 10.2. The van der Waals surface area contributed by atoms with Crippen LogP contribution in [0.15, 0.2) is 29.2 Å². The van der Waals surface area contributed by atoms with Gasteiger partial charge in [0.2, 0.25) is 15.9 Å². The number of amides is 1. The number of hydrogen-bond donors (Lipinski definition) is 1. The Morgan fingerprint density at radius 1 is 1.28 bits per heavy atom. The maximum atomic E-state index is 12.9. The average Bonchev–Trinajstić information content (AvgIpc) is 2.86. The molecule has 0 aromatic heterocycles. The van der Waals surface area contributed by atoms with Crippen molar-refractivity contribution in [3.8, 4) is 0 Å². The van der Waals surface area contributed by atoms with E-state index < -0.39 is 10.0 Å². The van der Waals surface area contributed by atoms with Crippen LogP contribution in [0.4, 0.5) is 0 Å². The number of sulfonamides is 1. The zero-order valence-electron chi connectivity index (χ0n) is 14.9. The number of nitrogens with one attached hydrogen (secondary N) is 1. The first kappa shape index (κ1) is 18.4. The van der Waals surface area contributed by atoms with E-state index in [1.165, 1.54) is 4.31 Å². The van der Waals surface area contributed by atoms with Gasteiger partial charge in [0.1, 0.15) is 0 Å². The lowest BCUT2D eigenvalue weighted by atomic mass is 9.99. The van der Waals surface area contributed by atoms with Crippen molar-refractivity contribution in [3.63, 3.8) is 0 Å². The monoisotopic (exact) mass is 366 g/mol. The predicted octanol–water partition coefficient (Wildman–Crippen LogP) is 1.55. The van der Waals surface area contributed by atoms with E-state index in [2.05, 4.69) is 5.32 Å². The Balaban J connectivity index is 1.71. The highest BCUT2D eigenvalue weighted by molar-refractivity contribution is 7.89. The molecule has 25 heavy (non-hydrogen) atoms. The molecule has 2 bridgehead atoms. The van der Waals surface area contributed by atoms with Crippen molar-refractivity contribution in [2.75, 3.05) is 19.6 Å². The lowest BCUT2D eigenvalue weighted by Gasteiger charge is -2.32. The summed E-state index contributed by atoms with van der Waals surface area (Å²) in [5.41, 5.74) is 1.02. The number of fused-ring (bicyclic) bond motifs is 2. The molecule has 6 nitrogen and oxygen atoms in total. The van der Waals surface area contributed by atoms with E-state index in [1.807, 2.05) is 20.8 Å². The average molecular weight is 366 g/mol. The second kappa shape index (κ2) is 7.05. The molecule has 0 spiro atoms. The number of ether oxygens (including phenoxy) is 1. The summed E-state index contributed by atoms with van der Waals surface area (Å²) in [4.78, 5) is 12.7. The fourth-order valence-corrected chi connectivity index (χ4v) is 4.87. The molecule has 1 aromatic carbocycles. The van der Waals surface area contributed by atoms with Crippen molar-refractivity contribution in [3.05, 3.63) is 29.8 Å². The zero-order chi connectivity index (χ0) is 18.2. The molecule has 0 unspecified atom stereocenters. The lowest BCUT2D eigenvalue weighted by Crippen LogP contribution is -2.47. The molecular weight excluding hydrogens is 340 g/mol. The van der Waals surface area contributed by atoms with E-state index in [4.69, 9.17) is 4.74 Å². The van der Waals surface area contributed by atoms with Crippen LogP contribution in [0.1, 0.15) is 25.8 Å². The van der Waals surface area contributed by atoms with Crippen LogP contribution in [-0.2, 0) is 19.6 Å². The van der Waals surface area contributed by atoms with Gasteiger partial charge in [-0.3, -0.25) is 4.79 Å². The maximum absolute atomic E-state index is 12.9. The summed E-state index contributed by atoms with van der Waals surface area (Å²) >= 11 is 0. The van der Waals surface area contributed by atoms with Crippen LogP contribution in [0.25, 0.3) is 0 Å². The summed E-state index contributed by atoms with van der Waals surface area (Å²) in [6, 6.07) is 6.86. The van der Waals surface area contributed by atoms with Gasteiger partial charge in [-0.2, -0.15) is 4.31 Å². The summed E-state index contributed by atoms with van der Waals surface area (Å²) in [5, 5.41) is 2.94. The van der Waals surface area contributed by atoms with Crippen LogP contribution in [0.2, 0.25) is 0 Å². The molecule has 1 N–H and O–H groups in total. The maximum Gasteiger partial charge on any atom is 0.243 e. The van der Waals surface area contributed by atoms with Gasteiger partial charge in [-0.15, -0.1) is 0 Å². The number of rotatable bonds is 5. The Bertz CT molecular complexity index is 730. The number of nitrogens with zero attached hydrogens (tertiary/aromatic N) is 1. The van der Waals surface area contributed by atoms with Crippen LogP contribution in [0, 0.1) is 18.8 Å². The molecule has 2 fully saturated rings. The molecule has 2 saturated heterocycles. The zero-order valence-corrected chi connectivity index (χ0v) is 15.8. The topological polar surface area (TPSA) is 75.7 Å². The molecule has 3 atom stereocenters. The second-order valence-corrected chi connectivity index (χ2v) is 9.35. The molecule has 0 radical (unpaired) electrons. The normalized spacial score (nSPS) is 26.8. The van der Waals surface area contributed by atoms with Gasteiger partial charge in [0, 0.05) is 19.6 Å². The highest BCUT2D eigenvalue weighted by atomic mass is 32.2. The highest BCUT2D eigenvalue weighted by Crippen LogP contribution is 2.34. The van der Waals surface area contributed by atoms with Crippen LogP contribution in [0.5, 0.6) is 0 Å². The first-order valence-electron chi connectivity index (χ1n) is 8.77. The minimum atomic E-state index is -3.56. The standard InChI is InChI=1S/C18H26N2O4S/c1-12(2)9-19-18(21)16-8-14-10-20(11-17(16)24-14)25(22,23)15-6-4-13(3)5-7-15/h4-7,12,14,16-17H,8-11H2,1-3H3,(H,19,21)/t14-,16+,17-/m1/s1. The van der Waals surface area contributed by atoms with E-state index in [9.17, 15) is 13.2 Å². The van der Waals surface area contributed by atoms with Gasteiger partial charge in [-0.1, -0.05) is 31.5 Å². The number of aryl methyl sites for hydroxylation is 1. The van der Waals surface area contributed by atoms with Gasteiger partial charge in [0.25, 0.3) is 0 Å². The summed E-state index contributed by atoms with van der Waals surface area (Å²) in [6.45, 7) is 7.16. The van der Waals surface area contributed by atoms with Crippen molar-refractivity contribution in [2.45, 2.75) is 44.3 Å². The molecular formula is C18H26N2O4S. The van der Waals surface area contributed by atoms with Crippen molar-refractivity contribution in [1.82, 2.24) is 9.62 Å². The molecule has 1 aromatic rings. The largest absolute Gasteiger partial charge is 0.371 e. The molecule has 7 heteroatoms. The molecule has 1 amide bonds. The van der Waals surface area contributed by atoms with Crippen molar-refractivity contribution in [2.24, 2.45) is 11.8 Å². The molecule has 2 heterocycles. The van der Waals surface area contributed by atoms with Gasteiger partial charge in [-0.05, 0) is 31.4 Å². The van der Waals surface area contributed by atoms with Gasteiger partial charge < -0.3 is 10.1 Å². The predicted molar refractivity (Wildman–Crippen MR) is 94.6 cm³/mol. The van der Waals surface area contributed by atoms with Crippen LogP contribution in [-0.4, -0.2) is 50.5 Å². The molecule has 3 rings (SSSR count). The van der Waals surface area contributed by atoms with Gasteiger partial charge in [0.05, 0.1) is 23.0 Å². The van der Waals surface area contributed by atoms with Gasteiger partial charge in [0.15, 0.2) is 0 Å². The van der Waals surface area contributed by atoms with Crippen molar-refractivity contribution in [1.29, 1.82) is 0 Å². The Morgan fingerprint density at radius 2 is 1.96 bits per heavy atom. The number of carbonyl (C=O) groups excluding carboxylic acids is 1. The van der Waals surface area contributed by atoms with Crippen molar-refractivity contribution >= 4 is 15.9 Å². The van der Waals surface area contributed by atoms with Crippen LogP contribution >= 0.6 is 0 Å². The Labute approximate surface area is 149 Å². The summed E-state index contributed by atoms with van der Waals surface area (Å²) in [5.74, 6) is 0.0711. The summed E-state index contributed by atoms with van der Waals surface area (Å²) in [7, 11) is -3.56. The Hall–Kier alpha value is -1.44. The third kappa shape index (κ3) is 3.88. The van der Waals surface area contributed by atoms with Gasteiger partial charge >= 0.3 is 0 Å². The molecule has 0 aliphatic carbocycles. The lowest BCUT2D eigenvalue weighted by molar-refractivity contribution is -0.127. The van der Waals surface area contributed by atoms with Crippen LogP contribution in [0.3, 0.4) is 0 Å². The smallest absolute Gasteiger partial charge is 0.243 e. The fraction of sp³-hybridized carbons (Fsp3) is 0.611. The van der Waals surface area contributed by atoms with E-state index in [0.29, 0.717) is 30.3 Å². The molecule has 0 saturated carbocycles. The quantitative estimate of drug-likeness (QED) is 0.858. The summed E-state index contributed by atoms with van der Waals surface area (Å²) in [6.07, 6.45) is -0.00553. The number of carbonyl (C=O) groups is 1. The minimum absolute atomic E-state index is 0.0317. The van der Waals surface area contributed by atoms with Crippen LogP contribution < -0.4 is 5.32 Å². The fourth-order valence-electron chi connectivity index (χ4n) is 3.39. The number of morpholine rings is 1. The highest BCUT2D eigenvalue weighted by Gasteiger charge is 2.47. The summed E-state index contributed by atoms with van der Waals surface area (Å²) < 4.78 is 33.1. The van der Waals surface area contributed by atoms with E-state index >= 15 is 0 Å². The first-order chi connectivity index (χ1) is 11.8.